The molecule has 0 aromatic rings. The fraction of sp³-hybridized carbons (Fsp3) is 0.786. The van der Waals surface area contributed by atoms with Crippen LogP contribution >= 0.6 is 0 Å². The van der Waals surface area contributed by atoms with E-state index in [0.717, 1.165) is 44.3 Å². The van der Waals surface area contributed by atoms with Crippen LogP contribution in [0.4, 0.5) is 0 Å². The van der Waals surface area contributed by atoms with Gasteiger partial charge in [0.2, 0.25) is 0 Å². The van der Waals surface area contributed by atoms with Gasteiger partial charge in [-0.15, -0.1) is 0 Å². The maximum Gasteiger partial charge on any atom is 0.173 e. The number of ether oxygens (including phenoxy) is 1. The van der Waals surface area contributed by atoms with Crippen LogP contribution < -0.4 is 0 Å². The van der Waals surface area contributed by atoms with E-state index in [9.17, 15) is 4.79 Å². The Kier molecular flexibility index (Phi) is 6.20. The van der Waals surface area contributed by atoms with E-state index in [1.807, 2.05) is 0 Å². The first-order chi connectivity index (χ1) is 7.77. The molecule has 0 aliphatic carbocycles. The van der Waals surface area contributed by atoms with Crippen LogP contribution in [0.3, 0.4) is 0 Å². The van der Waals surface area contributed by atoms with E-state index in [1.165, 1.54) is 6.42 Å². The average Bonchev–Trinajstić information content (AvgIpc) is 2.33. The molecule has 16 heavy (non-hydrogen) atoms. The van der Waals surface area contributed by atoms with Gasteiger partial charge in [0.05, 0.1) is 5.76 Å². The number of carbonyl (C=O) groups is 1. The molecule has 0 amide bonds. The van der Waals surface area contributed by atoms with Gasteiger partial charge in [0.1, 0.15) is 0 Å². The van der Waals surface area contributed by atoms with Crippen LogP contribution in [0, 0.1) is 0 Å². The largest absolute Gasteiger partial charge is 0.487 e. The van der Waals surface area contributed by atoms with Gasteiger partial charge < -0.3 is 4.74 Å². The second-order valence-corrected chi connectivity index (χ2v) is 4.53. The molecule has 0 aromatic carbocycles. The van der Waals surface area contributed by atoms with Crippen molar-refractivity contribution in [3.63, 3.8) is 0 Å². The van der Waals surface area contributed by atoms with Crippen molar-refractivity contribution in [2.45, 2.75) is 71.3 Å². The molecule has 2 heteroatoms. The normalized spacial score (nSPS) is 20.1. The number of unbranched alkanes of at least 4 members (excludes halogenated alkanes) is 2. The monoisotopic (exact) mass is 224 g/mol. The number of hydrogen-bond donors (Lipinski definition) is 0. The lowest BCUT2D eigenvalue weighted by Gasteiger charge is -2.23. The lowest BCUT2D eigenvalue weighted by molar-refractivity contribution is -0.129. The van der Waals surface area contributed by atoms with E-state index in [1.54, 1.807) is 0 Å². The van der Waals surface area contributed by atoms with E-state index >= 15 is 0 Å². The quantitative estimate of drug-likeness (QED) is 0.653. The molecule has 0 saturated carbocycles. The summed E-state index contributed by atoms with van der Waals surface area (Å²) in [7, 11) is 0. The van der Waals surface area contributed by atoms with Gasteiger partial charge >= 0.3 is 0 Å². The number of allylic oxidation sites excluding steroid dienone is 2. The number of ketones is 1. The van der Waals surface area contributed by atoms with Crippen LogP contribution in [0.15, 0.2) is 11.8 Å². The molecule has 0 spiro atoms. The second-order valence-electron chi connectivity index (χ2n) is 4.53. The van der Waals surface area contributed by atoms with Crippen molar-refractivity contribution < 1.29 is 9.53 Å². The number of carbonyl (C=O) groups excluding carboxylic acids is 1. The average molecular weight is 224 g/mol. The fourth-order valence-corrected chi connectivity index (χ4v) is 1.94. The highest BCUT2D eigenvalue weighted by atomic mass is 16.5. The standard InChI is InChI=1S/C14H24O2/c1-3-5-8-12-9-7-11-14(16-12)13(15)10-6-4-2/h9,14H,3-8,10-11H2,1-2H3. The zero-order chi connectivity index (χ0) is 11.8. The van der Waals surface area contributed by atoms with E-state index in [0.29, 0.717) is 12.2 Å². The molecule has 92 valence electrons. The van der Waals surface area contributed by atoms with Crippen LogP contribution in [0.1, 0.15) is 65.2 Å². The summed E-state index contributed by atoms with van der Waals surface area (Å²) in [6, 6.07) is 0. The SMILES string of the molecule is CCCCC(=O)C1CCC=C(CCCC)O1. The van der Waals surface area contributed by atoms with E-state index in [2.05, 4.69) is 19.9 Å². The van der Waals surface area contributed by atoms with Crippen molar-refractivity contribution in [2.24, 2.45) is 0 Å². The van der Waals surface area contributed by atoms with Gasteiger partial charge in [-0.1, -0.05) is 26.7 Å². The van der Waals surface area contributed by atoms with Gasteiger partial charge in [-0.05, 0) is 31.8 Å². The third-order valence-corrected chi connectivity index (χ3v) is 3.01. The molecule has 1 atom stereocenters. The minimum Gasteiger partial charge on any atom is -0.487 e. The second kappa shape index (κ2) is 7.48. The van der Waals surface area contributed by atoms with E-state index in [-0.39, 0.29) is 6.10 Å². The maximum atomic E-state index is 11.8. The van der Waals surface area contributed by atoms with Crippen LogP contribution in [-0.4, -0.2) is 11.9 Å². The molecule has 0 bridgehead atoms. The smallest absolute Gasteiger partial charge is 0.173 e. The molecule has 0 radical (unpaired) electrons. The Morgan fingerprint density at radius 3 is 2.81 bits per heavy atom. The van der Waals surface area contributed by atoms with Crippen molar-refractivity contribution in [3.05, 3.63) is 11.8 Å². The van der Waals surface area contributed by atoms with Crippen LogP contribution in [-0.2, 0) is 9.53 Å². The molecule has 0 N–H and O–H groups in total. The zero-order valence-electron chi connectivity index (χ0n) is 10.6. The summed E-state index contributed by atoms with van der Waals surface area (Å²) in [5.41, 5.74) is 0. The summed E-state index contributed by atoms with van der Waals surface area (Å²) in [4.78, 5) is 11.8. The highest BCUT2D eigenvalue weighted by Gasteiger charge is 2.22. The van der Waals surface area contributed by atoms with Crippen molar-refractivity contribution in [3.8, 4) is 0 Å². The van der Waals surface area contributed by atoms with Gasteiger partial charge in [-0.2, -0.15) is 0 Å². The van der Waals surface area contributed by atoms with Crippen molar-refractivity contribution in [2.75, 3.05) is 0 Å². The van der Waals surface area contributed by atoms with Gasteiger partial charge in [-0.3, -0.25) is 4.79 Å². The number of Topliss-reactive ketones (excluding diaryl/α,β-unsaturated/α-hetero) is 1. The summed E-state index contributed by atoms with van der Waals surface area (Å²) in [5.74, 6) is 1.34. The molecule has 1 rings (SSSR count). The summed E-state index contributed by atoms with van der Waals surface area (Å²) in [5, 5.41) is 0. The molecule has 0 saturated heterocycles. The Bertz CT molecular complexity index is 243. The molecule has 0 aromatic heterocycles. The highest BCUT2D eigenvalue weighted by molar-refractivity contribution is 5.83. The number of rotatable bonds is 7. The van der Waals surface area contributed by atoms with Crippen molar-refractivity contribution in [1.82, 2.24) is 0 Å². The predicted molar refractivity (Wildman–Crippen MR) is 66.2 cm³/mol. The third kappa shape index (κ3) is 4.38. The molecular formula is C14H24O2. The Balaban J connectivity index is 2.35. The van der Waals surface area contributed by atoms with Gasteiger partial charge in [0.25, 0.3) is 0 Å². The Hall–Kier alpha value is -0.790. The van der Waals surface area contributed by atoms with Gasteiger partial charge in [0.15, 0.2) is 11.9 Å². The van der Waals surface area contributed by atoms with E-state index < -0.39 is 0 Å². The summed E-state index contributed by atoms with van der Waals surface area (Å²) in [6.45, 7) is 4.29. The van der Waals surface area contributed by atoms with Gasteiger partial charge in [-0.25, -0.2) is 0 Å². The first kappa shape index (κ1) is 13.3. The molecule has 2 nitrogen and oxygen atoms in total. The van der Waals surface area contributed by atoms with Crippen LogP contribution in [0.2, 0.25) is 0 Å². The summed E-state index contributed by atoms with van der Waals surface area (Å²) in [6.07, 6.45) is 9.96. The van der Waals surface area contributed by atoms with Crippen LogP contribution in [0.5, 0.6) is 0 Å². The highest BCUT2D eigenvalue weighted by Crippen LogP contribution is 2.22. The Labute approximate surface area is 99.1 Å². The van der Waals surface area contributed by atoms with Crippen molar-refractivity contribution >= 4 is 5.78 Å². The zero-order valence-corrected chi connectivity index (χ0v) is 10.6. The Morgan fingerprint density at radius 2 is 2.12 bits per heavy atom. The van der Waals surface area contributed by atoms with Gasteiger partial charge in [0, 0.05) is 12.8 Å². The number of hydrogen-bond acceptors (Lipinski definition) is 2. The minimum atomic E-state index is -0.150. The summed E-state index contributed by atoms with van der Waals surface area (Å²) < 4.78 is 5.76. The topological polar surface area (TPSA) is 26.3 Å². The predicted octanol–water partition coefficient (Wildman–Crippen LogP) is 4.00. The molecule has 1 aliphatic heterocycles. The molecule has 1 aliphatic rings. The summed E-state index contributed by atoms with van der Waals surface area (Å²) >= 11 is 0. The first-order valence-corrected chi connectivity index (χ1v) is 6.66. The molecule has 0 fully saturated rings. The maximum absolute atomic E-state index is 11.8. The third-order valence-electron chi connectivity index (χ3n) is 3.01. The first-order valence-electron chi connectivity index (χ1n) is 6.66. The minimum absolute atomic E-state index is 0.150. The molecule has 1 unspecified atom stereocenters. The fourth-order valence-electron chi connectivity index (χ4n) is 1.94. The lowest BCUT2D eigenvalue weighted by atomic mass is 10.0. The lowest BCUT2D eigenvalue weighted by Crippen LogP contribution is -2.26. The van der Waals surface area contributed by atoms with Crippen molar-refractivity contribution in [1.29, 1.82) is 0 Å². The van der Waals surface area contributed by atoms with E-state index in [4.69, 9.17) is 4.74 Å². The van der Waals surface area contributed by atoms with Crippen LogP contribution in [0.25, 0.3) is 0 Å². The molecule has 1 heterocycles. The molecular weight excluding hydrogens is 200 g/mol. The Morgan fingerprint density at radius 1 is 1.38 bits per heavy atom.